The lowest BCUT2D eigenvalue weighted by Crippen LogP contribution is -2.19. The second-order valence-electron chi connectivity index (χ2n) is 6.41. The molecule has 0 spiro atoms. The van der Waals surface area contributed by atoms with Gasteiger partial charge in [0, 0.05) is 23.5 Å². The molecule has 0 radical (unpaired) electrons. The molecule has 0 bridgehead atoms. The summed E-state index contributed by atoms with van der Waals surface area (Å²) in [5, 5.41) is 6.67. The molecule has 2 N–H and O–H groups in total. The molecular weight excluding hydrogens is 425 g/mol. The zero-order chi connectivity index (χ0) is 23.1. The van der Waals surface area contributed by atoms with Crippen LogP contribution < -0.4 is 20.2 Å². The first kappa shape index (κ1) is 22.6. The molecule has 0 aliphatic heterocycles. The van der Waals surface area contributed by atoms with Crippen LogP contribution in [-0.4, -0.2) is 31.3 Å². The van der Waals surface area contributed by atoms with Crippen LogP contribution in [-0.2, 0) is 6.18 Å². The lowest BCUT2D eigenvalue weighted by molar-refractivity contribution is -0.137. The number of hydrogen-bond acceptors (Lipinski definition) is 6. The molecule has 0 saturated carbocycles. The number of carbonyl (C=O) groups excluding carboxylic acids is 1. The van der Waals surface area contributed by atoms with E-state index in [9.17, 15) is 18.0 Å². The summed E-state index contributed by atoms with van der Waals surface area (Å²) < 4.78 is 49.2. The predicted molar refractivity (Wildman–Crippen MR) is 114 cm³/mol. The van der Waals surface area contributed by atoms with Gasteiger partial charge in [-0.25, -0.2) is 10.4 Å². The molecule has 1 heterocycles. The SMILES string of the molecule is COc1ccc(/C=N/NC(=O)c2cccnc2Nc2cccc(C(F)(F)F)c2)c(OC)c1. The van der Waals surface area contributed by atoms with Crippen molar-refractivity contribution in [2.45, 2.75) is 6.18 Å². The second kappa shape index (κ2) is 9.82. The number of halogens is 3. The minimum Gasteiger partial charge on any atom is -0.497 e. The monoisotopic (exact) mass is 444 g/mol. The minimum absolute atomic E-state index is 0.0848. The van der Waals surface area contributed by atoms with Gasteiger partial charge >= 0.3 is 6.18 Å². The van der Waals surface area contributed by atoms with Gasteiger partial charge in [-0.3, -0.25) is 4.79 Å². The molecule has 3 rings (SSSR count). The standard InChI is InChI=1S/C22H19F3N4O3/c1-31-17-9-8-14(19(12-17)32-2)13-27-29-21(30)18-7-4-10-26-20(18)28-16-6-3-5-15(11-16)22(23,24)25/h3-13H,1-2H3,(H,26,28)(H,29,30)/b27-13+. The number of nitrogens with zero attached hydrogens (tertiary/aromatic N) is 2. The first-order chi connectivity index (χ1) is 15.3. The maximum Gasteiger partial charge on any atom is 0.416 e. The van der Waals surface area contributed by atoms with Gasteiger partial charge in [0.05, 0.1) is 31.6 Å². The van der Waals surface area contributed by atoms with Crippen molar-refractivity contribution in [2.75, 3.05) is 19.5 Å². The Morgan fingerprint density at radius 3 is 2.59 bits per heavy atom. The van der Waals surface area contributed by atoms with Crippen molar-refractivity contribution in [3.8, 4) is 11.5 Å². The van der Waals surface area contributed by atoms with Gasteiger partial charge in [0.25, 0.3) is 5.91 Å². The molecule has 32 heavy (non-hydrogen) atoms. The maximum atomic E-state index is 13.0. The number of carbonyl (C=O) groups is 1. The number of rotatable bonds is 7. The van der Waals surface area contributed by atoms with Crippen LogP contribution in [0.5, 0.6) is 11.5 Å². The van der Waals surface area contributed by atoms with E-state index in [1.165, 1.54) is 50.9 Å². The fourth-order valence-electron chi connectivity index (χ4n) is 2.74. The number of hydrogen-bond donors (Lipinski definition) is 2. The molecule has 0 saturated heterocycles. The van der Waals surface area contributed by atoms with Gasteiger partial charge in [-0.1, -0.05) is 6.07 Å². The molecule has 2 aromatic carbocycles. The van der Waals surface area contributed by atoms with Crippen molar-refractivity contribution < 1.29 is 27.4 Å². The predicted octanol–water partition coefficient (Wildman–Crippen LogP) is 4.63. The third kappa shape index (κ3) is 5.54. The summed E-state index contributed by atoms with van der Waals surface area (Å²) in [4.78, 5) is 16.7. The molecule has 7 nitrogen and oxygen atoms in total. The van der Waals surface area contributed by atoms with Gasteiger partial charge in [-0.15, -0.1) is 0 Å². The molecule has 0 aliphatic rings. The highest BCUT2D eigenvalue weighted by Gasteiger charge is 2.30. The van der Waals surface area contributed by atoms with Crippen LogP contribution in [0.1, 0.15) is 21.5 Å². The van der Waals surface area contributed by atoms with Gasteiger partial charge in [0.2, 0.25) is 0 Å². The second-order valence-corrected chi connectivity index (χ2v) is 6.41. The van der Waals surface area contributed by atoms with Crippen molar-refractivity contribution in [3.63, 3.8) is 0 Å². The van der Waals surface area contributed by atoms with E-state index in [2.05, 4.69) is 20.8 Å². The molecule has 0 fully saturated rings. The van der Waals surface area contributed by atoms with E-state index in [1.807, 2.05) is 0 Å². The number of methoxy groups -OCH3 is 2. The third-order valence-corrected chi connectivity index (χ3v) is 4.32. The molecule has 1 aromatic heterocycles. The lowest BCUT2D eigenvalue weighted by Gasteiger charge is -2.12. The summed E-state index contributed by atoms with van der Waals surface area (Å²) in [5.74, 6) is 0.581. The normalized spacial score (nSPS) is 11.3. The smallest absolute Gasteiger partial charge is 0.416 e. The molecule has 3 aromatic rings. The van der Waals surface area contributed by atoms with Crippen LogP contribution in [0.2, 0.25) is 0 Å². The quantitative estimate of drug-likeness (QED) is 0.410. The van der Waals surface area contributed by atoms with Crippen molar-refractivity contribution in [1.29, 1.82) is 0 Å². The van der Waals surface area contributed by atoms with Gasteiger partial charge in [-0.05, 0) is 42.5 Å². The van der Waals surface area contributed by atoms with Gasteiger partial charge in [0.15, 0.2) is 0 Å². The van der Waals surface area contributed by atoms with Gasteiger partial charge in [-0.2, -0.15) is 18.3 Å². The summed E-state index contributed by atoms with van der Waals surface area (Å²) >= 11 is 0. The lowest BCUT2D eigenvalue weighted by atomic mass is 10.2. The van der Waals surface area contributed by atoms with Crippen LogP contribution in [0.3, 0.4) is 0 Å². The number of alkyl halides is 3. The molecule has 166 valence electrons. The highest BCUT2D eigenvalue weighted by molar-refractivity contribution is 5.99. The average Bonchev–Trinajstić information content (AvgIpc) is 2.79. The number of pyridine rings is 1. The minimum atomic E-state index is -4.49. The first-order valence-corrected chi connectivity index (χ1v) is 9.26. The Hall–Kier alpha value is -4.08. The highest BCUT2D eigenvalue weighted by Crippen LogP contribution is 2.31. The van der Waals surface area contributed by atoms with Gasteiger partial charge < -0.3 is 14.8 Å². The van der Waals surface area contributed by atoms with Crippen LogP contribution in [0.25, 0.3) is 0 Å². The Bertz CT molecular complexity index is 1130. The fraction of sp³-hybridized carbons (Fsp3) is 0.136. The van der Waals surface area contributed by atoms with Crippen LogP contribution in [0.4, 0.5) is 24.7 Å². The number of hydrazone groups is 1. The Kier molecular flexibility index (Phi) is 6.93. The summed E-state index contributed by atoms with van der Waals surface area (Å²) in [6.07, 6.45) is -1.68. The molecular formula is C22H19F3N4O3. The number of nitrogens with one attached hydrogen (secondary N) is 2. The molecule has 0 atom stereocenters. The van der Waals surface area contributed by atoms with E-state index in [4.69, 9.17) is 9.47 Å². The zero-order valence-electron chi connectivity index (χ0n) is 17.1. The average molecular weight is 444 g/mol. The van der Waals surface area contributed by atoms with Crippen LogP contribution in [0.15, 0.2) is 65.9 Å². The van der Waals surface area contributed by atoms with E-state index in [-0.39, 0.29) is 17.1 Å². The number of aromatic nitrogens is 1. The van der Waals surface area contributed by atoms with Crippen LogP contribution >= 0.6 is 0 Å². The molecule has 10 heteroatoms. The topological polar surface area (TPSA) is 84.8 Å². The van der Waals surface area contributed by atoms with E-state index >= 15 is 0 Å². The molecule has 1 amide bonds. The van der Waals surface area contributed by atoms with E-state index in [0.29, 0.717) is 17.1 Å². The summed E-state index contributed by atoms with van der Waals surface area (Å²) in [6, 6.07) is 12.7. The van der Waals surface area contributed by atoms with Crippen molar-refractivity contribution in [2.24, 2.45) is 5.10 Å². The van der Waals surface area contributed by atoms with Crippen molar-refractivity contribution in [3.05, 3.63) is 77.5 Å². The van der Waals surface area contributed by atoms with Crippen LogP contribution in [0, 0.1) is 0 Å². The Morgan fingerprint density at radius 2 is 1.88 bits per heavy atom. The zero-order valence-corrected chi connectivity index (χ0v) is 17.1. The number of benzene rings is 2. The van der Waals surface area contributed by atoms with E-state index in [0.717, 1.165) is 12.1 Å². The number of anilines is 2. The Labute approximate surface area is 181 Å². The summed E-state index contributed by atoms with van der Waals surface area (Å²) in [6.45, 7) is 0. The Balaban J connectivity index is 1.76. The first-order valence-electron chi connectivity index (χ1n) is 9.26. The van der Waals surface area contributed by atoms with E-state index in [1.54, 1.807) is 18.2 Å². The van der Waals surface area contributed by atoms with Gasteiger partial charge in [0.1, 0.15) is 17.3 Å². The van der Waals surface area contributed by atoms with Crippen molar-refractivity contribution >= 4 is 23.6 Å². The van der Waals surface area contributed by atoms with E-state index < -0.39 is 17.6 Å². The molecule has 0 unspecified atom stereocenters. The number of amides is 1. The fourth-order valence-corrected chi connectivity index (χ4v) is 2.74. The molecule has 0 aliphatic carbocycles. The Morgan fingerprint density at radius 1 is 1.06 bits per heavy atom. The maximum absolute atomic E-state index is 13.0. The third-order valence-electron chi connectivity index (χ3n) is 4.32. The van der Waals surface area contributed by atoms with Crippen molar-refractivity contribution in [1.82, 2.24) is 10.4 Å². The largest absolute Gasteiger partial charge is 0.497 e. The summed E-state index contributed by atoms with van der Waals surface area (Å²) in [7, 11) is 3.02. The number of ether oxygens (including phenoxy) is 2. The highest BCUT2D eigenvalue weighted by atomic mass is 19.4. The summed E-state index contributed by atoms with van der Waals surface area (Å²) in [5.41, 5.74) is 2.39.